The largest absolute Gasteiger partial charge is 0.435 e. The molecule has 0 unspecified atom stereocenters. The first-order valence-electron chi connectivity index (χ1n) is 5.28. The molecule has 0 saturated heterocycles. The van der Waals surface area contributed by atoms with Crippen LogP contribution in [-0.4, -0.2) is 15.7 Å². The Morgan fingerprint density at radius 3 is 2.79 bits per heavy atom. The highest BCUT2D eigenvalue weighted by Gasteiger charge is 2.35. The van der Waals surface area contributed by atoms with E-state index < -0.39 is 17.8 Å². The van der Waals surface area contributed by atoms with Crippen molar-refractivity contribution in [1.29, 1.82) is 0 Å². The minimum Gasteiger partial charge on any atom is -0.347 e. The number of nitrogens with zero attached hydrogens (tertiary/aromatic N) is 2. The lowest BCUT2D eigenvalue weighted by Gasteiger charge is -2.03. The van der Waals surface area contributed by atoms with E-state index in [0.717, 1.165) is 16.3 Å². The van der Waals surface area contributed by atoms with E-state index in [4.69, 9.17) is 0 Å². The summed E-state index contributed by atoms with van der Waals surface area (Å²) >= 11 is 1.48. The van der Waals surface area contributed by atoms with Crippen LogP contribution in [0.5, 0.6) is 0 Å². The Morgan fingerprint density at radius 1 is 1.53 bits per heavy atom. The van der Waals surface area contributed by atoms with E-state index in [2.05, 4.69) is 10.4 Å². The Morgan fingerprint density at radius 2 is 2.26 bits per heavy atom. The molecule has 0 saturated carbocycles. The molecule has 19 heavy (non-hydrogen) atoms. The maximum atomic E-state index is 12.4. The van der Waals surface area contributed by atoms with Crippen LogP contribution in [0.1, 0.15) is 21.7 Å². The highest BCUT2D eigenvalue weighted by molar-refractivity contribution is 7.07. The lowest BCUT2D eigenvalue weighted by Crippen LogP contribution is -2.24. The number of carbonyl (C=O) groups excluding carboxylic acids is 1. The maximum absolute atomic E-state index is 12.4. The highest BCUT2D eigenvalue weighted by atomic mass is 32.1. The molecule has 0 fully saturated rings. The second-order valence-electron chi connectivity index (χ2n) is 3.85. The van der Waals surface area contributed by atoms with E-state index in [-0.39, 0.29) is 12.2 Å². The van der Waals surface area contributed by atoms with Crippen molar-refractivity contribution >= 4 is 17.2 Å². The van der Waals surface area contributed by atoms with Crippen molar-refractivity contribution in [3.8, 4) is 0 Å². The van der Waals surface area contributed by atoms with Crippen molar-refractivity contribution in [1.82, 2.24) is 15.1 Å². The van der Waals surface area contributed by atoms with E-state index >= 15 is 0 Å². The molecule has 4 nitrogen and oxygen atoms in total. The first-order valence-corrected chi connectivity index (χ1v) is 6.22. The lowest BCUT2D eigenvalue weighted by molar-refractivity contribution is -0.141. The summed E-state index contributed by atoms with van der Waals surface area (Å²) in [5, 5.41) is 9.53. The number of amides is 1. The molecule has 0 aliphatic rings. The van der Waals surface area contributed by atoms with Gasteiger partial charge in [0.1, 0.15) is 5.69 Å². The number of alkyl halides is 3. The standard InChI is InChI=1S/C11H10F3N3OS/c1-17-8(4-9(16-17)11(12,13)14)10(18)15-5-7-2-3-19-6-7/h2-4,6H,5H2,1H3,(H,15,18). The number of carbonyl (C=O) groups is 1. The minimum absolute atomic E-state index is 0.123. The van der Waals surface area contributed by atoms with Gasteiger partial charge in [0, 0.05) is 19.7 Å². The summed E-state index contributed by atoms with van der Waals surface area (Å²) in [4.78, 5) is 11.8. The first kappa shape index (κ1) is 13.6. The minimum atomic E-state index is -4.55. The summed E-state index contributed by atoms with van der Waals surface area (Å²) in [5.74, 6) is -0.586. The van der Waals surface area contributed by atoms with Gasteiger partial charge in [0.25, 0.3) is 5.91 Å². The third kappa shape index (κ3) is 3.14. The fourth-order valence-electron chi connectivity index (χ4n) is 1.48. The molecule has 1 N–H and O–H groups in total. The molecular formula is C11H10F3N3OS. The molecule has 0 bridgehead atoms. The van der Waals surface area contributed by atoms with Gasteiger partial charge in [-0.1, -0.05) is 0 Å². The molecule has 0 radical (unpaired) electrons. The van der Waals surface area contributed by atoms with Gasteiger partial charge in [-0.2, -0.15) is 29.6 Å². The number of aryl methyl sites for hydroxylation is 1. The number of halogens is 3. The Bertz CT molecular complexity index is 575. The zero-order chi connectivity index (χ0) is 14.0. The number of aromatic nitrogens is 2. The monoisotopic (exact) mass is 289 g/mol. The smallest absolute Gasteiger partial charge is 0.347 e. The number of thiophene rings is 1. The van der Waals surface area contributed by atoms with Crippen molar-refractivity contribution in [3.63, 3.8) is 0 Å². The molecular weight excluding hydrogens is 279 g/mol. The van der Waals surface area contributed by atoms with E-state index in [1.807, 2.05) is 16.8 Å². The Kier molecular flexibility index (Phi) is 3.61. The number of nitrogens with one attached hydrogen (secondary N) is 1. The molecule has 2 rings (SSSR count). The van der Waals surface area contributed by atoms with Gasteiger partial charge in [-0.25, -0.2) is 0 Å². The quantitative estimate of drug-likeness (QED) is 0.943. The second-order valence-corrected chi connectivity index (χ2v) is 4.63. The van der Waals surface area contributed by atoms with Gasteiger partial charge in [-0.3, -0.25) is 9.48 Å². The SMILES string of the molecule is Cn1nc(C(F)(F)F)cc1C(=O)NCc1ccsc1. The predicted octanol–water partition coefficient (Wildman–Crippen LogP) is 2.43. The fourth-order valence-corrected chi connectivity index (χ4v) is 2.15. The predicted molar refractivity (Wildman–Crippen MR) is 63.7 cm³/mol. The summed E-state index contributed by atoms with van der Waals surface area (Å²) in [7, 11) is 1.30. The molecule has 102 valence electrons. The van der Waals surface area contributed by atoms with Crippen molar-refractivity contribution in [2.45, 2.75) is 12.7 Å². The average molecular weight is 289 g/mol. The second kappa shape index (κ2) is 5.04. The number of rotatable bonds is 3. The molecule has 0 aliphatic carbocycles. The van der Waals surface area contributed by atoms with Gasteiger partial charge in [-0.15, -0.1) is 0 Å². The van der Waals surface area contributed by atoms with Crippen molar-refractivity contribution in [2.24, 2.45) is 7.05 Å². The van der Waals surface area contributed by atoms with E-state index in [0.29, 0.717) is 0 Å². The van der Waals surface area contributed by atoms with Crippen LogP contribution in [0, 0.1) is 0 Å². The third-order valence-electron chi connectivity index (χ3n) is 2.44. The molecule has 8 heteroatoms. The molecule has 0 spiro atoms. The summed E-state index contributed by atoms with van der Waals surface area (Å²) in [5.41, 5.74) is -0.296. The van der Waals surface area contributed by atoms with E-state index in [1.54, 1.807) is 0 Å². The summed E-state index contributed by atoms with van der Waals surface area (Å²) in [6, 6.07) is 2.57. The van der Waals surface area contributed by atoms with Crippen LogP contribution in [0.3, 0.4) is 0 Å². The van der Waals surface area contributed by atoms with Crippen molar-refractivity contribution in [3.05, 3.63) is 39.8 Å². The molecule has 1 amide bonds. The molecule has 0 aliphatic heterocycles. The summed E-state index contributed by atoms with van der Waals surface area (Å²) in [6.07, 6.45) is -4.55. The van der Waals surface area contributed by atoms with Crippen LogP contribution in [0.25, 0.3) is 0 Å². The molecule has 0 atom stereocenters. The highest BCUT2D eigenvalue weighted by Crippen LogP contribution is 2.28. The van der Waals surface area contributed by atoms with Gasteiger partial charge in [0.05, 0.1) is 0 Å². The van der Waals surface area contributed by atoms with E-state index in [9.17, 15) is 18.0 Å². The normalized spacial score (nSPS) is 11.6. The number of hydrogen-bond acceptors (Lipinski definition) is 3. The Hall–Kier alpha value is -1.83. The zero-order valence-corrected chi connectivity index (χ0v) is 10.7. The number of hydrogen-bond donors (Lipinski definition) is 1. The molecule has 0 aromatic carbocycles. The third-order valence-corrected chi connectivity index (χ3v) is 3.17. The van der Waals surface area contributed by atoms with Gasteiger partial charge < -0.3 is 5.32 Å². The van der Waals surface area contributed by atoms with Crippen LogP contribution in [0.15, 0.2) is 22.9 Å². The van der Waals surface area contributed by atoms with Crippen LogP contribution in [0.4, 0.5) is 13.2 Å². The Labute approximate surface area is 110 Å². The topological polar surface area (TPSA) is 46.9 Å². The van der Waals surface area contributed by atoms with Crippen LogP contribution in [0.2, 0.25) is 0 Å². The van der Waals surface area contributed by atoms with Crippen molar-refractivity contribution < 1.29 is 18.0 Å². The van der Waals surface area contributed by atoms with Crippen LogP contribution in [-0.2, 0) is 19.8 Å². The van der Waals surface area contributed by atoms with Crippen molar-refractivity contribution in [2.75, 3.05) is 0 Å². The molecule has 2 aromatic rings. The lowest BCUT2D eigenvalue weighted by atomic mass is 10.3. The molecule has 2 heterocycles. The van der Waals surface area contributed by atoms with Gasteiger partial charge >= 0.3 is 6.18 Å². The summed E-state index contributed by atoms with van der Waals surface area (Å²) in [6.45, 7) is 0.273. The average Bonchev–Trinajstić information content (AvgIpc) is 2.93. The molecule has 2 aromatic heterocycles. The maximum Gasteiger partial charge on any atom is 0.435 e. The zero-order valence-electron chi connectivity index (χ0n) is 9.86. The van der Waals surface area contributed by atoms with Gasteiger partial charge in [0.2, 0.25) is 0 Å². The van der Waals surface area contributed by atoms with Gasteiger partial charge in [-0.05, 0) is 22.4 Å². The van der Waals surface area contributed by atoms with Crippen LogP contribution < -0.4 is 5.32 Å². The van der Waals surface area contributed by atoms with E-state index in [1.165, 1.54) is 18.4 Å². The van der Waals surface area contributed by atoms with Crippen LogP contribution >= 0.6 is 11.3 Å². The fraction of sp³-hybridized carbons (Fsp3) is 0.273. The Balaban J connectivity index is 2.09. The summed E-state index contributed by atoms with van der Waals surface area (Å²) < 4.78 is 38.3. The van der Waals surface area contributed by atoms with Gasteiger partial charge in [0.15, 0.2) is 5.69 Å². The first-order chi connectivity index (χ1) is 8.88.